The van der Waals surface area contributed by atoms with Crippen LogP contribution in [0.5, 0.6) is 5.75 Å². The smallest absolute Gasteiger partial charge is 0.338 e. The Hall–Kier alpha value is -4.77. The third-order valence-electron chi connectivity index (χ3n) is 6.28. The van der Waals surface area contributed by atoms with Gasteiger partial charge in [-0.15, -0.1) is 0 Å². The second kappa shape index (κ2) is 10.8. The van der Waals surface area contributed by atoms with E-state index in [-0.39, 0.29) is 22.9 Å². The fourth-order valence-electron chi connectivity index (χ4n) is 4.42. The molecule has 4 aromatic rings. The summed E-state index contributed by atoms with van der Waals surface area (Å²) < 4.78 is 18.6. The first-order valence-electron chi connectivity index (χ1n) is 12.4. The van der Waals surface area contributed by atoms with Crippen molar-refractivity contribution in [3.8, 4) is 17.1 Å². The van der Waals surface area contributed by atoms with Crippen LogP contribution in [0.1, 0.15) is 38.1 Å². The van der Waals surface area contributed by atoms with Gasteiger partial charge in [-0.1, -0.05) is 23.5 Å². The molecule has 2 aromatic carbocycles. The van der Waals surface area contributed by atoms with Crippen molar-refractivity contribution in [1.29, 1.82) is 0 Å². The number of carbonyl (C=O) groups excluding carboxylic acids is 1. The van der Waals surface area contributed by atoms with Crippen molar-refractivity contribution in [3.63, 3.8) is 0 Å². The molecule has 0 N–H and O–H groups in total. The largest absolute Gasteiger partial charge is 0.497 e. The number of ether oxygens (including phenoxy) is 2. The van der Waals surface area contributed by atoms with Gasteiger partial charge in [0.25, 0.3) is 11.2 Å². The number of non-ortho nitro benzene ring substituents is 1. The minimum absolute atomic E-state index is 0.0185. The van der Waals surface area contributed by atoms with E-state index in [0.717, 1.165) is 0 Å². The summed E-state index contributed by atoms with van der Waals surface area (Å²) in [6.07, 6.45) is 1.27. The molecule has 204 valence electrons. The molecule has 40 heavy (non-hydrogen) atoms. The topological polar surface area (TPSA) is 126 Å². The molecule has 11 heteroatoms. The van der Waals surface area contributed by atoms with Crippen LogP contribution >= 0.6 is 11.3 Å². The van der Waals surface area contributed by atoms with E-state index in [1.165, 1.54) is 28.0 Å². The molecule has 1 atom stereocenters. The predicted molar refractivity (Wildman–Crippen MR) is 149 cm³/mol. The first-order chi connectivity index (χ1) is 19.2. The van der Waals surface area contributed by atoms with E-state index in [1.807, 2.05) is 12.1 Å². The standard InChI is InChI=1S/C29H25N3O7S/c1-16(2)38-28(34)25-17(3)30-29-31(26(25)19-7-11-21(37-4)12-8-19)27(33)24(40-29)15-22-13-14-23(39-22)18-5-9-20(10-6-18)32(35)36/h5-16,26H,1-4H3/b24-15-. The number of carbonyl (C=O) groups is 1. The van der Waals surface area contributed by atoms with Crippen molar-refractivity contribution < 1.29 is 23.6 Å². The van der Waals surface area contributed by atoms with Gasteiger partial charge in [0.1, 0.15) is 17.3 Å². The van der Waals surface area contributed by atoms with Crippen LogP contribution in [-0.2, 0) is 9.53 Å². The Labute approximate surface area is 232 Å². The lowest BCUT2D eigenvalue weighted by Crippen LogP contribution is -2.40. The van der Waals surface area contributed by atoms with E-state index in [2.05, 4.69) is 4.99 Å². The van der Waals surface area contributed by atoms with E-state index in [0.29, 0.717) is 43.4 Å². The molecule has 1 aliphatic rings. The molecule has 10 nitrogen and oxygen atoms in total. The maximum atomic E-state index is 13.8. The third-order valence-corrected chi connectivity index (χ3v) is 7.26. The molecule has 0 spiro atoms. The van der Waals surface area contributed by atoms with Gasteiger partial charge in [-0.2, -0.15) is 0 Å². The van der Waals surface area contributed by atoms with Crippen molar-refractivity contribution in [3.05, 3.63) is 113 Å². The minimum atomic E-state index is -0.747. The molecule has 5 rings (SSSR count). The van der Waals surface area contributed by atoms with Crippen LogP contribution in [0.25, 0.3) is 17.4 Å². The number of hydrogen-bond acceptors (Lipinski definition) is 9. The number of nitro groups is 1. The Morgan fingerprint density at radius 1 is 1.12 bits per heavy atom. The third kappa shape index (κ3) is 5.10. The number of aromatic nitrogens is 1. The van der Waals surface area contributed by atoms with E-state index in [1.54, 1.807) is 70.4 Å². The van der Waals surface area contributed by atoms with E-state index in [4.69, 9.17) is 13.9 Å². The Kier molecular flexibility index (Phi) is 7.22. The van der Waals surface area contributed by atoms with Crippen LogP contribution in [-0.4, -0.2) is 28.7 Å². The zero-order valence-corrected chi connectivity index (χ0v) is 22.9. The fraction of sp³-hybridized carbons (Fsp3) is 0.207. The summed E-state index contributed by atoms with van der Waals surface area (Å²) in [7, 11) is 1.56. The number of esters is 1. The SMILES string of the molecule is COc1ccc(C2C(C(=O)OC(C)C)=C(C)N=c3s/c(=C\c4ccc(-c5ccc([N+](=O)[O-])cc5)o4)c(=O)n32)cc1. The highest BCUT2D eigenvalue weighted by Crippen LogP contribution is 2.32. The van der Waals surface area contributed by atoms with Gasteiger partial charge in [0.05, 0.1) is 40.0 Å². The van der Waals surface area contributed by atoms with Crippen molar-refractivity contribution in [1.82, 2.24) is 4.57 Å². The Bertz CT molecular complexity index is 1810. The van der Waals surface area contributed by atoms with Gasteiger partial charge >= 0.3 is 5.97 Å². The van der Waals surface area contributed by atoms with Crippen LogP contribution in [0, 0.1) is 10.1 Å². The quantitative estimate of drug-likeness (QED) is 0.187. The number of rotatable bonds is 7. The molecule has 2 aromatic heterocycles. The van der Waals surface area contributed by atoms with E-state index in [9.17, 15) is 19.7 Å². The average molecular weight is 560 g/mol. The van der Waals surface area contributed by atoms with Crippen molar-refractivity contribution in [2.24, 2.45) is 4.99 Å². The monoisotopic (exact) mass is 559 g/mol. The maximum absolute atomic E-state index is 13.8. The summed E-state index contributed by atoms with van der Waals surface area (Å²) in [6.45, 7) is 5.26. The molecule has 0 aliphatic carbocycles. The molecule has 0 amide bonds. The van der Waals surface area contributed by atoms with E-state index < -0.39 is 16.9 Å². The molecule has 0 saturated carbocycles. The maximum Gasteiger partial charge on any atom is 0.338 e. The van der Waals surface area contributed by atoms with Gasteiger partial charge in [-0.05, 0) is 62.7 Å². The molecule has 0 fully saturated rings. The number of benzene rings is 2. The number of allylic oxidation sites excluding steroid dienone is 1. The average Bonchev–Trinajstić information content (AvgIpc) is 3.52. The molecule has 3 heterocycles. The lowest BCUT2D eigenvalue weighted by atomic mass is 9.96. The van der Waals surface area contributed by atoms with Crippen molar-refractivity contribution >= 4 is 29.1 Å². The molecule has 0 radical (unpaired) electrons. The van der Waals surface area contributed by atoms with Crippen LogP contribution < -0.4 is 19.6 Å². The summed E-state index contributed by atoms with van der Waals surface area (Å²) in [5, 5.41) is 10.9. The summed E-state index contributed by atoms with van der Waals surface area (Å²) in [5.41, 5.74) is 1.77. The number of furan rings is 1. The fourth-order valence-corrected chi connectivity index (χ4v) is 5.45. The highest BCUT2D eigenvalue weighted by Gasteiger charge is 2.33. The van der Waals surface area contributed by atoms with Crippen molar-refractivity contribution in [2.75, 3.05) is 7.11 Å². The Balaban J connectivity index is 1.59. The van der Waals surface area contributed by atoms with Gasteiger partial charge in [-0.3, -0.25) is 19.5 Å². The number of fused-ring (bicyclic) bond motifs is 1. The summed E-state index contributed by atoms with van der Waals surface area (Å²) >= 11 is 1.19. The minimum Gasteiger partial charge on any atom is -0.497 e. The lowest BCUT2D eigenvalue weighted by Gasteiger charge is -2.25. The predicted octanol–water partition coefficient (Wildman–Crippen LogP) is 4.36. The second-order valence-corrected chi connectivity index (χ2v) is 10.3. The molecule has 1 unspecified atom stereocenters. The number of thiazole rings is 1. The summed E-state index contributed by atoms with van der Waals surface area (Å²) in [4.78, 5) is 42.5. The highest BCUT2D eigenvalue weighted by atomic mass is 32.1. The first kappa shape index (κ1) is 26.8. The number of nitrogens with zero attached hydrogens (tertiary/aromatic N) is 3. The zero-order chi connectivity index (χ0) is 28.6. The van der Waals surface area contributed by atoms with Crippen LogP contribution in [0.2, 0.25) is 0 Å². The Morgan fingerprint density at radius 3 is 2.45 bits per heavy atom. The van der Waals surface area contributed by atoms with Crippen LogP contribution in [0.4, 0.5) is 5.69 Å². The lowest BCUT2D eigenvalue weighted by molar-refractivity contribution is -0.384. The van der Waals surface area contributed by atoms with Gasteiger partial charge < -0.3 is 13.9 Å². The van der Waals surface area contributed by atoms with Gasteiger partial charge in [-0.25, -0.2) is 9.79 Å². The molecular formula is C29H25N3O7S. The zero-order valence-electron chi connectivity index (χ0n) is 22.1. The number of nitro benzene ring substituents is 1. The number of methoxy groups -OCH3 is 1. The van der Waals surface area contributed by atoms with Crippen molar-refractivity contribution in [2.45, 2.75) is 32.9 Å². The van der Waals surface area contributed by atoms with Gasteiger partial charge in [0, 0.05) is 23.8 Å². The highest BCUT2D eigenvalue weighted by molar-refractivity contribution is 7.07. The van der Waals surface area contributed by atoms with Crippen LogP contribution in [0.15, 0.2) is 86.1 Å². The second-order valence-electron chi connectivity index (χ2n) is 9.32. The summed E-state index contributed by atoms with van der Waals surface area (Å²) in [5.74, 6) is 1.03. The molecular weight excluding hydrogens is 534 g/mol. The molecule has 0 saturated heterocycles. The van der Waals surface area contributed by atoms with E-state index >= 15 is 0 Å². The van der Waals surface area contributed by atoms with Gasteiger partial charge in [0.15, 0.2) is 4.80 Å². The van der Waals surface area contributed by atoms with Gasteiger partial charge in [0.2, 0.25) is 0 Å². The molecule has 0 bridgehead atoms. The molecule has 1 aliphatic heterocycles. The first-order valence-corrected chi connectivity index (χ1v) is 13.2. The number of hydrogen-bond donors (Lipinski definition) is 0. The Morgan fingerprint density at radius 2 is 1.82 bits per heavy atom. The normalized spacial score (nSPS) is 15.1. The van der Waals surface area contributed by atoms with Crippen LogP contribution in [0.3, 0.4) is 0 Å². The summed E-state index contributed by atoms with van der Waals surface area (Å²) in [6, 6.07) is 15.9.